The zero-order chi connectivity index (χ0) is 21.5. The van der Waals surface area contributed by atoms with Gasteiger partial charge in [0.05, 0.1) is 22.1 Å². The number of aromatic nitrogens is 1. The van der Waals surface area contributed by atoms with E-state index in [1.807, 2.05) is 24.3 Å². The number of furan rings is 1. The predicted octanol–water partition coefficient (Wildman–Crippen LogP) is 5.08. The van der Waals surface area contributed by atoms with Crippen molar-refractivity contribution in [3.8, 4) is 0 Å². The van der Waals surface area contributed by atoms with E-state index >= 15 is 0 Å². The van der Waals surface area contributed by atoms with Gasteiger partial charge >= 0.3 is 5.91 Å². The van der Waals surface area contributed by atoms with Crippen molar-refractivity contribution < 1.29 is 19.1 Å². The van der Waals surface area contributed by atoms with Gasteiger partial charge in [-0.3, -0.25) is 14.5 Å². The smallest absolute Gasteiger partial charge is 0.302 e. The van der Waals surface area contributed by atoms with E-state index < -0.39 is 17.7 Å². The monoisotopic (exact) mass is 430 g/mol. The van der Waals surface area contributed by atoms with Gasteiger partial charge in [-0.15, -0.1) is 0 Å². The SMILES string of the molecule is CCc1ccc2nc(N3C(=O)C(=O)C(=C(O)c4ccccc4)[C@@H]3c3ccco3)sc2c1. The minimum absolute atomic E-state index is 0.0142. The number of aliphatic hydroxyl groups is 1. The average Bonchev–Trinajstić information content (AvgIpc) is 3.52. The topological polar surface area (TPSA) is 83.6 Å². The van der Waals surface area contributed by atoms with Crippen LogP contribution >= 0.6 is 11.3 Å². The number of hydrogen-bond donors (Lipinski definition) is 1. The van der Waals surface area contributed by atoms with Gasteiger partial charge in [-0.05, 0) is 36.2 Å². The standard InChI is InChI=1S/C24H18N2O4S/c1-2-14-10-11-16-18(13-14)31-24(25-16)26-20(17-9-6-12-30-17)19(22(28)23(26)29)21(27)15-7-4-3-5-8-15/h3-13,20,27H,2H2,1H3/t20-/m0/s1. The number of benzene rings is 2. The van der Waals surface area contributed by atoms with Gasteiger partial charge in [0.1, 0.15) is 17.6 Å². The van der Waals surface area contributed by atoms with Crippen molar-refractivity contribution in [3.63, 3.8) is 0 Å². The highest BCUT2D eigenvalue weighted by atomic mass is 32.1. The van der Waals surface area contributed by atoms with Crippen LogP contribution in [0.4, 0.5) is 5.13 Å². The van der Waals surface area contributed by atoms with Crippen LogP contribution in [0.25, 0.3) is 16.0 Å². The molecule has 1 saturated heterocycles. The van der Waals surface area contributed by atoms with Crippen LogP contribution in [-0.4, -0.2) is 21.8 Å². The molecular formula is C24H18N2O4S. The van der Waals surface area contributed by atoms with Crippen molar-refractivity contribution in [2.75, 3.05) is 4.90 Å². The molecule has 5 rings (SSSR count). The summed E-state index contributed by atoms with van der Waals surface area (Å²) in [5.41, 5.74) is 2.35. The Morgan fingerprint density at radius 2 is 1.94 bits per heavy atom. The summed E-state index contributed by atoms with van der Waals surface area (Å²) in [6.07, 6.45) is 2.36. The zero-order valence-corrected chi connectivity index (χ0v) is 17.4. The second kappa shape index (κ2) is 7.52. The fraction of sp³-hybridized carbons (Fsp3) is 0.125. The Kier molecular flexibility index (Phi) is 4.67. The minimum atomic E-state index is -0.901. The number of aryl methyl sites for hydroxylation is 1. The Bertz CT molecular complexity index is 1320. The molecule has 1 fully saturated rings. The van der Waals surface area contributed by atoms with Crippen LogP contribution in [0.2, 0.25) is 0 Å². The lowest BCUT2D eigenvalue weighted by Gasteiger charge is -2.20. The molecule has 7 heteroatoms. The van der Waals surface area contributed by atoms with Gasteiger partial charge in [0.2, 0.25) is 0 Å². The summed E-state index contributed by atoms with van der Waals surface area (Å²) in [5.74, 6) is -1.37. The van der Waals surface area contributed by atoms with E-state index in [1.54, 1.807) is 36.4 Å². The largest absolute Gasteiger partial charge is 0.507 e. The first-order valence-electron chi connectivity index (χ1n) is 9.87. The Hall–Kier alpha value is -3.71. The van der Waals surface area contributed by atoms with Crippen molar-refractivity contribution in [3.05, 3.63) is 89.4 Å². The Morgan fingerprint density at radius 3 is 2.65 bits per heavy atom. The van der Waals surface area contributed by atoms with Gasteiger partial charge in [0, 0.05) is 5.56 Å². The Labute approximate surface area is 182 Å². The highest BCUT2D eigenvalue weighted by molar-refractivity contribution is 7.22. The molecule has 6 nitrogen and oxygen atoms in total. The normalized spacial score (nSPS) is 18.2. The average molecular weight is 430 g/mol. The number of rotatable bonds is 4. The summed E-state index contributed by atoms with van der Waals surface area (Å²) in [6.45, 7) is 2.07. The number of thiazole rings is 1. The van der Waals surface area contributed by atoms with Crippen molar-refractivity contribution in [2.24, 2.45) is 0 Å². The molecule has 1 N–H and O–H groups in total. The molecule has 0 unspecified atom stereocenters. The molecule has 31 heavy (non-hydrogen) atoms. The maximum atomic E-state index is 13.1. The number of ketones is 1. The van der Waals surface area contributed by atoms with E-state index in [9.17, 15) is 14.7 Å². The number of Topliss-reactive ketones (excluding diaryl/α,β-unsaturated/α-hetero) is 1. The molecular weight excluding hydrogens is 412 g/mol. The van der Waals surface area contributed by atoms with E-state index in [1.165, 1.54) is 22.5 Å². The molecule has 0 radical (unpaired) electrons. The lowest BCUT2D eigenvalue weighted by Crippen LogP contribution is -2.29. The number of fused-ring (bicyclic) bond motifs is 1. The Morgan fingerprint density at radius 1 is 1.13 bits per heavy atom. The van der Waals surface area contributed by atoms with Crippen molar-refractivity contribution in [1.29, 1.82) is 0 Å². The van der Waals surface area contributed by atoms with Crippen LogP contribution in [0.15, 0.2) is 76.9 Å². The van der Waals surface area contributed by atoms with Gasteiger partial charge in [0.25, 0.3) is 5.78 Å². The van der Waals surface area contributed by atoms with E-state index in [4.69, 9.17) is 4.42 Å². The molecule has 154 valence electrons. The maximum absolute atomic E-state index is 13.1. The van der Waals surface area contributed by atoms with Crippen LogP contribution in [0.1, 0.15) is 29.9 Å². The first kappa shape index (κ1) is 19.3. The summed E-state index contributed by atoms with van der Waals surface area (Å²) in [6, 6.07) is 17.1. The number of aliphatic hydroxyl groups excluding tert-OH is 1. The number of carbonyl (C=O) groups excluding carboxylic acids is 2. The summed E-state index contributed by atoms with van der Waals surface area (Å²) in [7, 11) is 0. The summed E-state index contributed by atoms with van der Waals surface area (Å²) < 4.78 is 6.51. The van der Waals surface area contributed by atoms with Gasteiger partial charge in [-0.1, -0.05) is 54.7 Å². The lowest BCUT2D eigenvalue weighted by atomic mass is 9.99. The number of hydrogen-bond acceptors (Lipinski definition) is 6. The van der Waals surface area contributed by atoms with Crippen LogP contribution in [0, 0.1) is 0 Å². The van der Waals surface area contributed by atoms with Gasteiger partial charge in [0.15, 0.2) is 5.13 Å². The Balaban J connectivity index is 1.70. The van der Waals surface area contributed by atoms with Crippen LogP contribution < -0.4 is 4.90 Å². The lowest BCUT2D eigenvalue weighted by molar-refractivity contribution is -0.132. The second-order valence-corrected chi connectivity index (χ2v) is 8.21. The highest BCUT2D eigenvalue weighted by Gasteiger charge is 2.49. The third-order valence-corrected chi connectivity index (χ3v) is 6.38. The number of nitrogens with zero attached hydrogens (tertiary/aromatic N) is 2. The number of carbonyl (C=O) groups is 2. The fourth-order valence-corrected chi connectivity index (χ4v) is 4.83. The van der Waals surface area contributed by atoms with Gasteiger partial charge in [-0.25, -0.2) is 4.98 Å². The third-order valence-electron chi connectivity index (χ3n) is 5.36. The molecule has 1 aliphatic heterocycles. The molecule has 2 aromatic heterocycles. The highest BCUT2D eigenvalue weighted by Crippen LogP contribution is 2.44. The van der Waals surface area contributed by atoms with E-state index in [0.717, 1.165) is 22.2 Å². The molecule has 4 aromatic rings. The van der Waals surface area contributed by atoms with Crippen LogP contribution in [-0.2, 0) is 16.0 Å². The van der Waals surface area contributed by atoms with Crippen molar-refractivity contribution in [2.45, 2.75) is 19.4 Å². The van der Waals surface area contributed by atoms with E-state index in [-0.39, 0.29) is 11.3 Å². The number of amides is 1. The van der Waals surface area contributed by atoms with Gasteiger partial charge < -0.3 is 9.52 Å². The molecule has 1 aliphatic rings. The second-order valence-electron chi connectivity index (χ2n) is 7.20. The molecule has 1 atom stereocenters. The summed E-state index contributed by atoms with van der Waals surface area (Å²) in [5, 5.41) is 11.4. The van der Waals surface area contributed by atoms with Crippen LogP contribution in [0.5, 0.6) is 0 Å². The molecule has 0 aliphatic carbocycles. The molecule has 0 saturated carbocycles. The third kappa shape index (κ3) is 3.14. The maximum Gasteiger partial charge on any atom is 0.302 e. The van der Waals surface area contributed by atoms with Gasteiger partial charge in [-0.2, -0.15) is 0 Å². The van der Waals surface area contributed by atoms with Crippen LogP contribution in [0.3, 0.4) is 0 Å². The first-order chi connectivity index (χ1) is 15.1. The van der Waals surface area contributed by atoms with E-state index in [2.05, 4.69) is 11.9 Å². The predicted molar refractivity (Wildman–Crippen MR) is 119 cm³/mol. The van der Waals surface area contributed by atoms with Crippen molar-refractivity contribution in [1.82, 2.24) is 4.98 Å². The summed E-state index contributed by atoms with van der Waals surface area (Å²) in [4.78, 5) is 32.1. The number of anilines is 1. The summed E-state index contributed by atoms with van der Waals surface area (Å²) >= 11 is 1.34. The zero-order valence-electron chi connectivity index (χ0n) is 16.6. The fourth-order valence-electron chi connectivity index (χ4n) is 3.78. The molecule has 0 spiro atoms. The quantitative estimate of drug-likeness (QED) is 0.277. The molecule has 3 heterocycles. The van der Waals surface area contributed by atoms with E-state index in [0.29, 0.717) is 16.5 Å². The van der Waals surface area contributed by atoms with Crippen molar-refractivity contribution >= 4 is 44.1 Å². The molecule has 2 aromatic carbocycles. The minimum Gasteiger partial charge on any atom is -0.507 e. The first-order valence-corrected chi connectivity index (χ1v) is 10.7. The molecule has 1 amide bonds. The molecule has 0 bridgehead atoms.